The maximum Gasteiger partial charge on any atom is 0.0975 e. The molecule has 34 heavy (non-hydrogen) atoms. The summed E-state index contributed by atoms with van der Waals surface area (Å²) in [6.07, 6.45) is 2.26. The number of aliphatic hydroxyl groups is 1. The Morgan fingerprint density at radius 2 is 1.29 bits per heavy atom. The molecule has 1 atom stereocenters. The number of hydrogen-bond acceptors (Lipinski definition) is 3. The van der Waals surface area contributed by atoms with E-state index in [0.717, 1.165) is 23.5 Å². The second kappa shape index (κ2) is 9.76. The van der Waals surface area contributed by atoms with Crippen LogP contribution in [-0.2, 0) is 5.54 Å². The van der Waals surface area contributed by atoms with Crippen LogP contribution in [0.3, 0.4) is 0 Å². The highest BCUT2D eigenvalue weighted by molar-refractivity contribution is 5.54. The van der Waals surface area contributed by atoms with Crippen molar-refractivity contribution in [2.45, 2.75) is 25.0 Å². The van der Waals surface area contributed by atoms with Crippen molar-refractivity contribution in [1.29, 1.82) is 0 Å². The molecule has 0 spiro atoms. The SMILES string of the molecule is Cc1cccc(/C=C2/CN(C(c3ccccc3)(c3ccccc3)c3ccccc3)CCC2O)n1. The van der Waals surface area contributed by atoms with Crippen LogP contribution in [0.25, 0.3) is 6.08 Å². The lowest BCUT2D eigenvalue weighted by Gasteiger charge is -2.48. The number of piperidine rings is 1. The smallest absolute Gasteiger partial charge is 0.0975 e. The molecule has 3 heteroatoms. The van der Waals surface area contributed by atoms with Gasteiger partial charge in [0.2, 0.25) is 0 Å². The van der Waals surface area contributed by atoms with Crippen molar-refractivity contribution in [2.75, 3.05) is 13.1 Å². The molecule has 1 aliphatic heterocycles. The van der Waals surface area contributed by atoms with Gasteiger partial charge in [-0.3, -0.25) is 9.88 Å². The largest absolute Gasteiger partial charge is 0.389 e. The summed E-state index contributed by atoms with van der Waals surface area (Å²) in [6, 6.07) is 38.2. The fraction of sp³-hybridized carbons (Fsp3) is 0.194. The van der Waals surface area contributed by atoms with E-state index in [9.17, 15) is 5.11 Å². The van der Waals surface area contributed by atoms with Crippen molar-refractivity contribution >= 4 is 6.08 Å². The van der Waals surface area contributed by atoms with E-state index in [2.05, 4.69) is 107 Å². The number of pyridine rings is 1. The molecular weight excluding hydrogens is 416 g/mol. The van der Waals surface area contributed by atoms with Gasteiger partial charge >= 0.3 is 0 Å². The first-order chi connectivity index (χ1) is 16.7. The average molecular weight is 447 g/mol. The molecule has 0 saturated carbocycles. The molecule has 5 rings (SSSR count). The number of likely N-dealkylation sites (tertiary alicyclic amines) is 1. The first kappa shape index (κ1) is 22.3. The van der Waals surface area contributed by atoms with E-state index in [1.54, 1.807) is 0 Å². The Labute approximate surface area is 202 Å². The van der Waals surface area contributed by atoms with Gasteiger partial charge in [-0.1, -0.05) is 97.1 Å². The van der Waals surface area contributed by atoms with E-state index in [1.165, 1.54) is 16.7 Å². The highest BCUT2D eigenvalue weighted by atomic mass is 16.3. The number of nitrogens with zero attached hydrogens (tertiary/aromatic N) is 2. The Hall–Kier alpha value is -3.53. The van der Waals surface area contributed by atoms with Crippen LogP contribution in [0.5, 0.6) is 0 Å². The molecule has 0 amide bonds. The van der Waals surface area contributed by atoms with Crippen molar-refractivity contribution in [3.63, 3.8) is 0 Å². The van der Waals surface area contributed by atoms with Gasteiger partial charge in [-0.2, -0.15) is 0 Å². The average Bonchev–Trinajstić information content (AvgIpc) is 2.88. The molecule has 170 valence electrons. The van der Waals surface area contributed by atoms with Crippen LogP contribution in [-0.4, -0.2) is 34.2 Å². The molecule has 1 fully saturated rings. The summed E-state index contributed by atoms with van der Waals surface area (Å²) < 4.78 is 0. The molecule has 1 aliphatic rings. The summed E-state index contributed by atoms with van der Waals surface area (Å²) in [5.41, 5.74) is 6.04. The molecule has 1 aromatic heterocycles. The second-order valence-electron chi connectivity index (χ2n) is 8.96. The van der Waals surface area contributed by atoms with E-state index in [-0.39, 0.29) is 0 Å². The normalized spacial score (nSPS) is 18.2. The lowest BCUT2D eigenvalue weighted by Crippen LogP contribution is -2.52. The van der Waals surface area contributed by atoms with Gasteiger partial charge in [0.15, 0.2) is 0 Å². The Morgan fingerprint density at radius 3 is 1.79 bits per heavy atom. The zero-order valence-electron chi connectivity index (χ0n) is 19.5. The predicted octanol–water partition coefficient (Wildman–Crippen LogP) is 5.83. The van der Waals surface area contributed by atoms with E-state index in [0.29, 0.717) is 13.0 Å². The summed E-state index contributed by atoms with van der Waals surface area (Å²) in [5, 5.41) is 11.0. The number of benzene rings is 3. The fourth-order valence-corrected chi connectivity index (χ4v) is 5.22. The predicted molar refractivity (Wildman–Crippen MR) is 138 cm³/mol. The Morgan fingerprint density at radius 1 is 0.765 bits per heavy atom. The first-order valence-electron chi connectivity index (χ1n) is 11.9. The fourth-order valence-electron chi connectivity index (χ4n) is 5.22. The third kappa shape index (κ3) is 4.21. The molecular formula is C31H30N2O. The third-order valence-electron chi connectivity index (χ3n) is 6.77. The minimum Gasteiger partial charge on any atom is -0.389 e. The molecule has 0 radical (unpaired) electrons. The highest BCUT2D eigenvalue weighted by Gasteiger charge is 2.44. The summed E-state index contributed by atoms with van der Waals surface area (Å²) >= 11 is 0. The lowest BCUT2D eigenvalue weighted by molar-refractivity contribution is 0.0872. The maximum absolute atomic E-state index is 11.0. The van der Waals surface area contributed by atoms with Crippen LogP contribution in [0.2, 0.25) is 0 Å². The van der Waals surface area contributed by atoms with Gasteiger partial charge in [-0.25, -0.2) is 0 Å². The van der Waals surface area contributed by atoms with Crippen LogP contribution in [0.15, 0.2) is 115 Å². The van der Waals surface area contributed by atoms with E-state index < -0.39 is 11.6 Å². The minimum absolute atomic E-state index is 0.474. The summed E-state index contributed by atoms with van der Waals surface area (Å²) in [6.45, 7) is 3.42. The second-order valence-corrected chi connectivity index (χ2v) is 8.96. The highest BCUT2D eigenvalue weighted by Crippen LogP contribution is 2.44. The number of rotatable bonds is 5. The molecule has 1 N–H and O–H groups in total. The van der Waals surface area contributed by atoms with Gasteiger partial charge in [0.05, 0.1) is 17.3 Å². The molecule has 2 heterocycles. The van der Waals surface area contributed by atoms with Crippen LogP contribution in [0.1, 0.15) is 34.5 Å². The van der Waals surface area contributed by atoms with Crippen LogP contribution < -0.4 is 0 Å². The van der Waals surface area contributed by atoms with Crippen LogP contribution >= 0.6 is 0 Å². The van der Waals surface area contributed by atoms with Gasteiger partial charge < -0.3 is 5.11 Å². The van der Waals surface area contributed by atoms with Gasteiger partial charge in [0.1, 0.15) is 0 Å². The molecule has 0 bridgehead atoms. The van der Waals surface area contributed by atoms with Gasteiger partial charge in [0.25, 0.3) is 0 Å². The Bertz CT molecular complexity index is 1160. The quantitative estimate of drug-likeness (QED) is 0.392. The topological polar surface area (TPSA) is 36.4 Å². The molecule has 3 aromatic carbocycles. The zero-order chi connectivity index (χ0) is 23.4. The lowest BCUT2D eigenvalue weighted by atomic mass is 9.74. The van der Waals surface area contributed by atoms with Crippen LogP contribution in [0.4, 0.5) is 0 Å². The number of hydrogen-bond donors (Lipinski definition) is 1. The summed E-state index contributed by atoms with van der Waals surface area (Å²) in [7, 11) is 0. The number of aromatic nitrogens is 1. The van der Waals surface area contributed by atoms with Gasteiger partial charge in [-0.15, -0.1) is 0 Å². The molecule has 4 aromatic rings. The van der Waals surface area contributed by atoms with Crippen molar-refractivity contribution in [3.8, 4) is 0 Å². The van der Waals surface area contributed by atoms with Crippen LogP contribution in [0, 0.1) is 6.92 Å². The monoisotopic (exact) mass is 446 g/mol. The zero-order valence-corrected chi connectivity index (χ0v) is 19.5. The van der Waals surface area contributed by atoms with Crippen molar-refractivity contribution < 1.29 is 5.11 Å². The van der Waals surface area contributed by atoms with Crippen molar-refractivity contribution in [3.05, 3.63) is 143 Å². The minimum atomic E-state index is -0.483. The number of aryl methyl sites for hydroxylation is 1. The maximum atomic E-state index is 11.0. The first-order valence-corrected chi connectivity index (χ1v) is 11.9. The molecule has 1 saturated heterocycles. The van der Waals surface area contributed by atoms with Gasteiger partial charge in [0, 0.05) is 18.8 Å². The standard InChI is InChI=1S/C31H30N2O/c1-24-12-11-19-29(32-24)22-25-23-33(21-20-30(25)34)31(26-13-5-2-6-14-26,27-15-7-3-8-16-27)28-17-9-4-10-18-28/h2-19,22,30,34H,20-21,23H2,1H3/b25-22-. The van der Waals surface area contributed by atoms with E-state index in [1.807, 2.05) is 25.1 Å². The van der Waals surface area contributed by atoms with Gasteiger partial charge in [-0.05, 0) is 53.8 Å². The molecule has 3 nitrogen and oxygen atoms in total. The Balaban J connectivity index is 1.69. The number of aliphatic hydroxyl groups excluding tert-OH is 1. The molecule has 0 aliphatic carbocycles. The van der Waals surface area contributed by atoms with E-state index >= 15 is 0 Å². The Kier molecular flexibility index (Phi) is 6.39. The molecule has 1 unspecified atom stereocenters. The van der Waals surface area contributed by atoms with Crippen molar-refractivity contribution in [1.82, 2.24) is 9.88 Å². The van der Waals surface area contributed by atoms with Crippen molar-refractivity contribution in [2.24, 2.45) is 0 Å². The summed E-state index contributed by atoms with van der Waals surface area (Å²) in [4.78, 5) is 7.17. The van der Waals surface area contributed by atoms with E-state index in [4.69, 9.17) is 0 Å². The summed E-state index contributed by atoms with van der Waals surface area (Å²) in [5.74, 6) is 0. The third-order valence-corrected chi connectivity index (χ3v) is 6.77.